The highest BCUT2D eigenvalue weighted by Crippen LogP contribution is 2.17. The molecule has 0 bridgehead atoms. The van der Waals surface area contributed by atoms with E-state index in [1.165, 1.54) is 18.2 Å². The highest BCUT2D eigenvalue weighted by Gasteiger charge is 2.10. The maximum atomic E-state index is 13.2. The highest BCUT2D eigenvalue weighted by molar-refractivity contribution is 6.05. The molecule has 0 unspecified atom stereocenters. The fraction of sp³-hybridized carbons (Fsp3) is 0.0909. The van der Waals surface area contributed by atoms with E-state index in [-0.39, 0.29) is 12.5 Å². The monoisotopic (exact) mass is 378 g/mol. The molecule has 3 rings (SSSR count). The van der Waals surface area contributed by atoms with Gasteiger partial charge < -0.3 is 15.4 Å². The van der Waals surface area contributed by atoms with E-state index >= 15 is 0 Å². The molecular weight excluding hydrogens is 359 g/mol. The Bertz CT molecular complexity index is 1000. The van der Waals surface area contributed by atoms with Crippen LogP contribution < -0.4 is 15.4 Å². The summed E-state index contributed by atoms with van der Waals surface area (Å²) >= 11 is 0. The van der Waals surface area contributed by atoms with E-state index in [1.54, 1.807) is 36.4 Å². The fourth-order valence-electron chi connectivity index (χ4n) is 2.57. The summed E-state index contributed by atoms with van der Waals surface area (Å²) in [5.41, 5.74) is 2.09. The highest BCUT2D eigenvalue weighted by atomic mass is 19.1. The van der Waals surface area contributed by atoms with Crippen LogP contribution in [0.3, 0.4) is 0 Å². The second-order valence-electron chi connectivity index (χ2n) is 6.15. The van der Waals surface area contributed by atoms with Crippen molar-refractivity contribution in [1.82, 2.24) is 0 Å². The number of halogens is 1. The summed E-state index contributed by atoms with van der Waals surface area (Å²) in [5.74, 6) is -0.544. The van der Waals surface area contributed by atoms with Gasteiger partial charge in [0.1, 0.15) is 11.6 Å². The van der Waals surface area contributed by atoms with Gasteiger partial charge in [-0.05, 0) is 55.0 Å². The molecule has 0 spiro atoms. The number of para-hydroxylation sites is 1. The van der Waals surface area contributed by atoms with Crippen molar-refractivity contribution in [2.24, 2.45) is 0 Å². The number of carbonyl (C=O) groups excluding carboxylic acids is 2. The van der Waals surface area contributed by atoms with Crippen LogP contribution in [0, 0.1) is 12.7 Å². The first-order chi connectivity index (χ1) is 13.5. The molecule has 5 nitrogen and oxygen atoms in total. The van der Waals surface area contributed by atoms with Crippen LogP contribution in [0.15, 0.2) is 72.8 Å². The first-order valence-electron chi connectivity index (χ1n) is 8.66. The summed E-state index contributed by atoms with van der Waals surface area (Å²) in [6.07, 6.45) is 0. The van der Waals surface area contributed by atoms with Gasteiger partial charge in [-0.1, -0.05) is 30.3 Å². The van der Waals surface area contributed by atoms with E-state index in [9.17, 15) is 14.0 Å². The molecule has 0 aliphatic carbocycles. The lowest BCUT2D eigenvalue weighted by Gasteiger charge is -2.10. The third-order valence-corrected chi connectivity index (χ3v) is 3.94. The summed E-state index contributed by atoms with van der Waals surface area (Å²) in [6, 6.07) is 19.5. The molecule has 142 valence electrons. The molecule has 0 saturated carbocycles. The van der Waals surface area contributed by atoms with Crippen molar-refractivity contribution in [2.75, 3.05) is 17.2 Å². The average molecular weight is 378 g/mol. The van der Waals surface area contributed by atoms with Gasteiger partial charge in [0.25, 0.3) is 11.8 Å². The number of amides is 2. The van der Waals surface area contributed by atoms with Gasteiger partial charge in [0.2, 0.25) is 0 Å². The normalized spacial score (nSPS) is 10.2. The summed E-state index contributed by atoms with van der Waals surface area (Å²) in [7, 11) is 0. The smallest absolute Gasteiger partial charge is 0.262 e. The van der Waals surface area contributed by atoms with Gasteiger partial charge in [-0.15, -0.1) is 0 Å². The van der Waals surface area contributed by atoms with Crippen molar-refractivity contribution in [3.05, 3.63) is 89.7 Å². The standard InChI is InChI=1S/C22H19FN2O3/c1-15-6-2-3-11-20(15)28-14-21(26)24-18-9-4-7-16(12-18)22(27)25-19-10-5-8-17(23)13-19/h2-13H,14H2,1H3,(H,24,26)(H,25,27). The molecule has 0 saturated heterocycles. The third-order valence-electron chi connectivity index (χ3n) is 3.94. The summed E-state index contributed by atoms with van der Waals surface area (Å²) < 4.78 is 18.7. The Kier molecular flexibility index (Phi) is 6.01. The molecular formula is C22H19FN2O3. The van der Waals surface area contributed by atoms with Crippen molar-refractivity contribution < 1.29 is 18.7 Å². The predicted octanol–water partition coefficient (Wildman–Crippen LogP) is 4.40. The largest absolute Gasteiger partial charge is 0.483 e. The lowest BCUT2D eigenvalue weighted by molar-refractivity contribution is -0.118. The number of hydrogen-bond acceptors (Lipinski definition) is 3. The Balaban J connectivity index is 1.60. The Labute approximate surface area is 162 Å². The third kappa shape index (κ3) is 5.17. The van der Waals surface area contributed by atoms with Crippen LogP contribution in [0.1, 0.15) is 15.9 Å². The second kappa shape index (κ2) is 8.81. The summed E-state index contributed by atoms with van der Waals surface area (Å²) in [5, 5.41) is 5.31. The molecule has 2 N–H and O–H groups in total. The van der Waals surface area contributed by atoms with Crippen molar-refractivity contribution in [3.8, 4) is 5.75 Å². The molecule has 2 amide bonds. The SMILES string of the molecule is Cc1ccccc1OCC(=O)Nc1cccc(C(=O)Nc2cccc(F)c2)c1. The molecule has 0 radical (unpaired) electrons. The number of anilines is 2. The van der Waals surface area contributed by atoms with Crippen molar-refractivity contribution in [2.45, 2.75) is 6.92 Å². The fourth-order valence-corrected chi connectivity index (χ4v) is 2.57. The Morgan fingerprint density at radius 3 is 2.36 bits per heavy atom. The van der Waals surface area contributed by atoms with E-state index in [2.05, 4.69) is 10.6 Å². The van der Waals surface area contributed by atoms with E-state index < -0.39 is 11.7 Å². The number of ether oxygens (including phenoxy) is 1. The average Bonchev–Trinajstić information content (AvgIpc) is 2.67. The molecule has 0 heterocycles. The second-order valence-corrected chi connectivity index (χ2v) is 6.15. The number of nitrogens with one attached hydrogen (secondary N) is 2. The van der Waals surface area contributed by atoms with Crippen molar-refractivity contribution in [3.63, 3.8) is 0 Å². The van der Waals surface area contributed by atoms with E-state index in [1.807, 2.05) is 25.1 Å². The molecule has 0 aliphatic heterocycles. The minimum atomic E-state index is -0.438. The molecule has 0 fully saturated rings. The molecule has 3 aromatic rings. The van der Waals surface area contributed by atoms with Gasteiger partial charge >= 0.3 is 0 Å². The molecule has 0 aromatic heterocycles. The van der Waals surface area contributed by atoms with Gasteiger partial charge in [-0.25, -0.2) is 4.39 Å². The predicted molar refractivity (Wildman–Crippen MR) is 106 cm³/mol. The number of hydrogen-bond donors (Lipinski definition) is 2. The van der Waals surface area contributed by atoms with Gasteiger partial charge in [0.15, 0.2) is 6.61 Å². The van der Waals surface area contributed by atoms with Crippen LogP contribution in [0.2, 0.25) is 0 Å². The molecule has 6 heteroatoms. The lowest BCUT2D eigenvalue weighted by Crippen LogP contribution is -2.21. The van der Waals surface area contributed by atoms with Crippen molar-refractivity contribution >= 4 is 23.2 Å². The summed E-state index contributed by atoms with van der Waals surface area (Å²) in [4.78, 5) is 24.5. The quantitative estimate of drug-likeness (QED) is 0.668. The van der Waals surface area contributed by atoms with Crippen LogP contribution >= 0.6 is 0 Å². The zero-order valence-corrected chi connectivity index (χ0v) is 15.2. The Hall–Kier alpha value is -3.67. The topological polar surface area (TPSA) is 67.4 Å². The van der Waals surface area contributed by atoms with Gasteiger partial charge in [0, 0.05) is 16.9 Å². The number of rotatable bonds is 6. The first-order valence-corrected chi connectivity index (χ1v) is 8.66. The lowest BCUT2D eigenvalue weighted by atomic mass is 10.2. The molecule has 0 aliphatic rings. The summed E-state index contributed by atoms with van der Waals surface area (Å²) in [6.45, 7) is 1.75. The number of aryl methyl sites for hydroxylation is 1. The number of benzene rings is 3. The maximum Gasteiger partial charge on any atom is 0.262 e. The van der Waals surface area contributed by atoms with Gasteiger partial charge in [-0.2, -0.15) is 0 Å². The van der Waals surface area contributed by atoms with Gasteiger partial charge in [0.05, 0.1) is 0 Å². The van der Waals surface area contributed by atoms with Crippen LogP contribution in [0.25, 0.3) is 0 Å². The van der Waals surface area contributed by atoms with E-state index in [4.69, 9.17) is 4.74 Å². The first kappa shape index (κ1) is 19.1. The Morgan fingerprint density at radius 2 is 1.61 bits per heavy atom. The molecule has 3 aromatic carbocycles. The zero-order valence-electron chi connectivity index (χ0n) is 15.2. The van der Waals surface area contributed by atoms with Crippen molar-refractivity contribution in [1.29, 1.82) is 0 Å². The minimum absolute atomic E-state index is 0.148. The molecule has 28 heavy (non-hydrogen) atoms. The van der Waals surface area contributed by atoms with E-state index in [0.29, 0.717) is 22.7 Å². The van der Waals surface area contributed by atoms with Crippen LogP contribution in [-0.2, 0) is 4.79 Å². The van der Waals surface area contributed by atoms with Crippen LogP contribution in [0.4, 0.5) is 15.8 Å². The number of carbonyl (C=O) groups is 2. The van der Waals surface area contributed by atoms with Crippen LogP contribution in [0.5, 0.6) is 5.75 Å². The van der Waals surface area contributed by atoms with E-state index in [0.717, 1.165) is 5.56 Å². The van der Waals surface area contributed by atoms with Gasteiger partial charge in [-0.3, -0.25) is 9.59 Å². The minimum Gasteiger partial charge on any atom is -0.483 e. The molecule has 0 atom stereocenters. The zero-order chi connectivity index (χ0) is 19.9. The maximum absolute atomic E-state index is 13.2. The van der Waals surface area contributed by atoms with Crippen LogP contribution in [-0.4, -0.2) is 18.4 Å². The Morgan fingerprint density at radius 1 is 0.893 bits per heavy atom.